The predicted molar refractivity (Wildman–Crippen MR) is 118 cm³/mol. The number of hydrogen-bond acceptors (Lipinski definition) is 6. The van der Waals surface area contributed by atoms with Gasteiger partial charge in [0, 0.05) is 12.1 Å². The normalized spacial score (nSPS) is 14.4. The molecule has 1 aromatic heterocycles. The predicted octanol–water partition coefficient (Wildman–Crippen LogP) is 3.90. The van der Waals surface area contributed by atoms with Crippen LogP contribution in [0.3, 0.4) is 0 Å². The topological polar surface area (TPSA) is 101 Å². The molecule has 0 unspecified atom stereocenters. The lowest BCUT2D eigenvalue weighted by Crippen LogP contribution is -2.40. The van der Waals surface area contributed by atoms with Crippen molar-refractivity contribution in [3.05, 3.63) is 52.7 Å². The van der Waals surface area contributed by atoms with Gasteiger partial charge in [-0.2, -0.15) is 13.2 Å². The van der Waals surface area contributed by atoms with Crippen molar-refractivity contribution in [1.82, 2.24) is 10.3 Å². The molecule has 1 saturated heterocycles. The number of carbonyl (C=O) groups is 3. The number of rotatable bonds is 5. The first-order chi connectivity index (χ1) is 16.1. The third-order valence-electron chi connectivity index (χ3n) is 5.20. The summed E-state index contributed by atoms with van der Waals surface area (Å²) in [5.41, 5.74) is 0.593. The fourth-order valence-electron chi connectivity index (χ4n) is 3.34. The van der Waals surface area contributed by atoms with E-state index in [9.17, 15) is 27.6 Å². The van der Waals surface area contributed by atoms with Gasteiger partial charge in [-0.1, -0.05) is 24.6 Å². The minimum absolute atomic E-state index is 0.0766. The number of piperidine rings is 1. The Balaban J connectivity index is 1.98. The molecule has 0 saturated carbocycles. The first-order valence-corrected chi connectivity index (χ1v) is 10.9. The van der Waals surface area contributed by atoms with Crippen LogP contribution in [0.15, 0.2) is 36.5 Å². The molecule has 2 N–H and O–H groups in total. The van der Waals surface area contributed by atoms with Crippen LogP contribution in [0.5, 0.6) is 0 Å². The monoisotopic (exact) mass is 498 g/mol. The van der Waals surface area contributed by atoms with E-state index in [1.807, 2.05) is 6.92 Å². The SMILES string of the molecule is CCc1ccc(NC(=O)C2CCNCC2)c(C(=O)N(OC(=O)C(F)(F)F)c2ccc(Cl)cn2)c1. The Bertz CT molecular complexity index is 1060. The molecule has 2 amide bonds. The number of pyridine rings is 1. The zero-order valence-electron chi connectivity index (χ0n) is 18.1. The number of aryl methyl sites for hydroxylation is 1. The average molecular weight is 499 g/mol. The van der Waals surface area contributed by atoms with Gasteiger partial charge in [-0.3, -0.25) is 9.59 Å². The van der Waals surface area contributed by atoms with E-state index in [4.69, 9.17) is 11.6 Å². The van der Waals surface area contributed by atoms with Gasteiger partial charge in [-0.25, -0.2) is 9.78 Å². The fraction of sp³-hybridized carbons (Fsp3) is 0.364. The highest BCUT2D eigenvalue weighted by molar-refractivity contribution is 6.30. The highest BCUT2D eigenvalue weighted by Gasteiger charge is 2.44. The van der Waals surface area contributed by atoms with Crippen LogP contribution >= 0.6 is 11.6 Å². The molecule has 0 spiro atoms. The number of benzene rings is 1. The van der Waals surface area contributed by atoms with Gasteiger partial charge in [0.05, 0.1) is 16.3 Å². The van der Waals surface area contributed by atoms with Crippen molar-refractivity contribution >= 4 is 40.9 Å². The third kappa shape index (κ3) is 6.23. The van der Waals surface area contributed by atoms with Crippen LogP contribution in [0.1, 0.15) is 35.7 Å². The lowest BCUT2D eigenvalue weighted by atomic mass is 9.96. The van der Waals surface area contributed by atoms with Gasteiger partial charge >= 0.3 is 12.1 Å². The van der Waals surface area contributed by atoms with E-state index >= 15 is 0 Å². The Morgan fingerprint density at radius 2 is 1.91 bits per heavy atom. The highest BCUT2D eigenvalue weighted by Crippen LogP contribution is 2.27. The van der Waals surface area contributed by atoms with E-state index in [1.54, 1.807) is 6.07 Å². The van der Waals surface area contributed by atoms with Gasteiger partial charge < -0.3 is 15.5 Å². The molecule has 2 aromatic rings. The molecule has 3 rings (SSSR count). The second-order valence-corrected chi connectivity index (χ2v) is 7.99. The molecule has 1 aliphatic rings. The minimum atomic E-state index is -5.36. The Morgan fingerprint density at radius 3 is 2.50 bits per heavy atom. The van der Waals surface area contributed by atoms with Crippen molar-refractivity contribution in [2.45, 2.75) is 32.4 Å². The van der Waals surface area contributed by atoms with Gasteiger partial charge in [0.15, 0.2) is 5.82 Å². The van der Waals surface area contributed by atoms with E-state index in [2.05, 4.69) is 20.5 Å². The minimum Gasteiger partial charge on any atom is -0.325 e. The summed E-state index contributed by atoms with van der Waals surface area (Å²) >= 11 is 5.78. The fourth-order valence-corrected chi connectivity index (χ4v) is 3.45. The standard InChI is InChI=1S/C22H22ClF3N4O4/c1-2-13-3-5-17(29-19(31)14-7-9-27-10-8-14)16(11-13)20(32)30(34-21(33)22(24,25)26)18-6-4-15(23)12-28-18/h3-6,11-12,14,27H,2,7-10H2,1H3,(H,29,31). The summed E-state index contributed by atoms with van der Waals surface area (Å²) in [5.74, 6) is -4.73. The molecule has 34 heavy (non-hydrogen) atoms. The molecule has 1 aliphatic heterocycles. The van der Waals surface area contributed by atoms with Crippen LogP contribution < -0.4 is 15.7 Å². The van der Waals surface area contributed by atoms with Crippen LogP contribution in [0.25, 0.3) is 0 Å². The average Bonchev–Trinajstić information content (AvgIpc) is 2.82. The second-order valence-electron chi connectivity index (χ2n) is 7.56. The second kappa shape index (κ2) is 10.8. The highest BCUT2D eigenvalue weighted by atomic mass is 35.5. The number of amides is 2. The molecule has 182 valence electrons. The van der Waals surface area contributed by atoms with Crippen LogP contribution in [-0.4, -0.2) is 42.0 Å². The zero-order valence-corrected chi connectivity index (χ0v) is 18.9. The van der Waals surface area contributed by atoms with Crippen molar-refractivity contribution in [3.8, 4) is 0 Å². The summed E-state index contributed by atoms with van der Waals surface area (Å²) in [6, 6.07) is 6.99. The lowest BCUT2D eigenvalue weighted by Gasteiger charge is -2.24. The molecule has 0 bridgehead atoms. The summed E-state index contributed by atoms with van der Waals surface area (Å²) in [6.07, 6.45) is -2.56. The van der Waals surface area contributed by atoms with Gasteiger partial charge in [0.1, 0.15) is 0 Å². The number of halogens is 4. The number of hydrogen-bond donors (Lipinski definition) is 2. The number of nitrogens with one attached hydrogen (secondary N) is 2. The number of nitrogens with zero attached hydrogens (tertiary/aromatic N) is 2. The molecular formula is C22H22ClF3N4O4. The summed E-state index contributed by atoms with van der Waals surface area (Å²) < 4.78 is 38.7. The molecule has 2 heterocycles. The summed E-state index contributed by atoms with van der Waals surface area (Å²) in [6.45, 7) is 3.16. The number of carbonyl (C=O) groups excluding carboxylic acids is 3. The molecule has 12 heteroatoms. The summed E-state index contributed by atoms with van der Waals surface area (Å²) in [4.78, 5) is 45.9. The molecule has 1 fully saturated rings. The van der Waals surface area contributed by atoms with Crippen molar-refractivity contribution in [2.24, 2.45) is 5.92 Å². The molecule has 8 nitrogen and oxygen atoms in total. The van der Waals surface area contributed by atoms with Crippen molar-refractivity contribution in [3.63, 3.8) is 0 Å². The maximum atomic E-state index is 13.4. The number of anilines is 2. The van der Waals surface area contributed by atoms with Crippen molar-refractivity contribution in [1.29, 1.82) is 0 Å². The molecule has 0 radical (unpaired) electrons. The first kappa shape index (κ1) is 25.4. The van der Waals surface area contributed by atoms with Gasteiger partial charge in [-0.05, 0) is 62.2 Å². The first-order valence-electron chi connectivity index (χ1n) is 10.5. The van der Waals surface area contributed by atoms with Crippen molar-refractivity contribution < 1.29 is 32.4 Å². The van der Waals surface area contributed by atoms with Crippen molar-refractivity contribution in [2.75, 3.05) is 23.5 Å². The van der Waals surface area contributed by atoms with Crippen LogP contribution in [0.4, 0.5) is 24.7 Å². The van der Waals surface area contributed by atoms with E-state index in [0.29, 0.717) is 37.9 Å². The molecular weight excluding hydrogens is 477 g/mol. The van der Waals surface area contributed by atoms with E-state index < -0.39 is 23.9 Å². The lowest BCUT2D eigenvalue weighted by molar-refractivity contribution is -0.200. The smallest absolute Gasteiger partial charge is 0.325 e. The van der Waals surface area contributed by atoms with E-state index in [0.717, 1.165) is 12.3 Å². The molecule has 0 atom stereocenters. The molecule has 1 aromatic carbocycles. The van der Waals surface area contributed by atoms with Crippen LogP contribution in [-0.2, 0) is 20.8 Å². The Morgan fingerprint density at radius 1 is 1.21 bits per heavy atom. The quantitative estimate of drug-likeness (QED) is 0.606. The maximum Gasteiger partial charge on any atom is 0.493 e. The van der Waals surface area contributed by atoms with Gasteiger partial charge in [-0.15, -0.1) is 5.06 Å². The largest absolute Gasteiger partial charge is 0.493 e. The van der Waals surface area contributed by atoms with Crippen LogP contribution in [0, 0.1) is 5.92 Å². The summed E-state index contributed by atoms with van der Waals surface area (Å²) in [7, 11) is 0. The molecule has 0 aliphatic carbocycles. The third-order valence-corrected chi connectivity index (χ3v) is 5.42. The number of hydroxylamine groups is 1. The zero-order chi connectivity index (χ0) is 24.9. The summed E-state index contributed by atoms with van der Waals surface area (Å²) in [5, 5.41) is 6.13. The number of aromatic nitrogens is 1. The van der Waals surface area contributed by atoms with Gasteiger partial charge in [0.2, 0.25) is 5.91 Å². The number of alkyl halides is 3. The van der Waals surface area contributed by atoms with Crippen LogP contribution in [0.2, 0.25) is 5.02 Å². The Kier molecular flexibility index (Phi) is 8.11. The Labute approximate surface area is 198 Å². The van der Waals surface area contributed by atoms with E-state index in [-0.39, 0.29) is 33.2 Å². The maximum absolute atomic E-state index is 13.4. The Hall–Kier alpha value is -3.18. The van der Waals surface area contributed by atoms with Gasteiger partial charge in [0.25, 0.3) is 5.91 Å². The van der Waals surface area contributed by atoms with E-state index in [1.165, 1.54) is 18.2 Å².